The molecule has 0 aliphatic carbocycles. The molecule has 0 saturated carbocycles. The summed E-state index contributed by atoms with van der Waals surface area (Å²) in [5.41, 5.74) is 0. The topological polar surface area (TPSA) is 20.2 Å². The van der Waals surface area contributed by atoms with Crippen molar-refractivity contribution in [3.8, 4) is 0 Å². The second-order valence-corrected chi connectivity index (χ2v) is 8.42. The summed E-state index contributed by atoms with van der Waals surface area (Å²) in [5, 5.41) is 9.74. The van der Waals surface area contributed by atoms with Crippen LogP contribution in [0.3, 0.4) is 0 Å². The van der Waals surface area contributed by atoms with E-state index >= 15 is 0 Å². The average molecular weight is 301 g/mol. The van der Waals surface area contributed by atoms with Gasteiger partial charge < -0.3 is 9.59 Å². The van der Waals surface area contributed by atoms with E-state index < -0.39 is 0 Å². The number of quaternary nitrogens is 1. The Labute approximate surface area is 134 Å². The van der Waals surface area contributed by atoms with Crippen molar-refractivity contribution in [1.29, 1.82) is 0 Å². The summed E-state index contributed by atoms with van der Waals surface area (Å²) in [4.78, 5) is 0. The largest absolute Gasteiger partial charge is 0.393 e. The van der Waals surface area contributed by atoms with Crippen LogP contribution in [0.1, 0.15) is 74.1 Å². The molecule has 0 rings (SSSR count). The second-order valence-electron chi connectivity index (χ2n) is 8.42. The van der Waals surface area contributed by atoms with E-state index in [-0.39, 0.29) is 6.10 Å². The van der Waals surface area contributed by atoms with Gasteiger partial charge >= 0.3 is 0 Å². The highest BCUT2D eigenvalue weighted by molar-refractivity contribution is 4.57. The third-order valence-electron chi connectivity index (χ3n) is 4.56. The van der Waals surface area contributed by atoms with Gasteiger partial charge in [0.15, 0.2) is 0 Å². The van der Waals surface area contributed by atoms with Crippen LogP contribution in [0.15, 0.2) is 0 Å². The van der Waals surface area contributed by atoms with E-state index in [1.54, 1.807) is 0 Å². The minimum atomic E-state index is -0.167. The fourth-order valence-electron chi connectivity index (χ4n) is 2.73. The molecule has 0 radical (unpaired) electrons. The van der Waals surface area contributed by atoms with Crippen LogP contribution in [0.5, 0.6) is 0 Å². The van der Waals surface area contributed by atoms with E-state index in [1.165, 1.54) is 43.4 Å². The van der Waals surface area contributed by atoms with E-state index in [1.807, 2.05) is 6.92 Å². The van der Waals surface area contributed by atoms with E-state index in [0.717, 1.165) is 30.7 Å². The van der Waals surface area contributed by atoms with Crippen LogP contribution in [0.2, 0.25) is 0 Å². The number of aliphatic hydroxyl groups is 1. The maximum Gasteiger partial charge on any atom is 0.0811 e. The van der Waals surface area contributed by atoms with Gasteiger partial charge in [-0.1, -0.05) is 41.5 Å². The lowest BCUT2D eigenvalue weighted by Gasteiger charge is -2.41. The van der Waals surface area contributed by atoms with Crippen molar-refractivity contribution >= 4 is 0 Å². The molecule has 0 aromatic rings. The quantitative estimate of drug-likeness (QED) is 0.517. The Kier molecular flexibility index (Phi) is 10.6. The molecule has 1 atom stereocenters. The van der Waals surface area contributed by atoms with Gasteiger partial charge in [0.25, 0.3) is 0 Å². The molecule has 0 bridgehead atoms. The zero-order valence-corrected chi connectivity index (χ0v) is 15.9. The minimum Gasteiger partial charge on any atom is -0.393 e. The number of nitrogens with zero attached hydrogens (tertiary/aromatic N) is 1. The molecule has 0 spiro atoms. The van der Waals surface area contributed by atoms with Crippen LogP contribution < -0.4 is 0 Å². The average Bonchev–Trinajstić information content (AvgIpc) is 2.36. The minimum absolute atomic E-state index is 0.167. The number of hydrogen-bond acceptors (Lipinski definition) is 1. The predicted molar refractivity (Wildman–Crippen MR) is 94.4 cm³/mol. The molecule has 0 saturated heterocycles. The molecule has 2 nitrogen and oxygen atoms in total. The van der Waals surface area contributed by atoms with Crippen molar-refractivity contribution in [2.75, 3.05) is 26.2 Å². The number of rotatable bonds is 12. The highest BCUT2D eigenvalue weighted by atomic mass is 16.3. The highest BCUT2D eigenvalue weighted by Crippen LogP contribution is 2.20. The number of aliphatic hydroxyl groups excluding tert-OH is 1. The molecule has 0 heterocycles. The van der Waals surface area contributed by atoms with Crippen molar-refractivity contribution in [1.82, 2.24) is 0 Å². The fraction of sp³-hybridized carbons (Fsp3) is 1.00. The standard InChI is InChI=1S/C19H42NO/c1-16(2)8-12-20(13-9-17(3)4,14-10-18(5)6)15-11-19(7)21/h16-19,21H,8-15H2,1-7H3/q+1. The van der Waals surface area contributed by atoms with Crippen molar-refractivity contribution in [2.45, 2.75) is 80.3 Å². The molecule has 0 aromatic carbocycles. The first kappa shape index (κ1) is 20.9. The molecule has 1 unspecified atom stereocenters. The van der Waals surface area contributed by atoms with Gasteiger partial charge in [-0.15, -0.1) is 0 Å². The van der Waals surface area contributed by atoms with Gasteiger partial charge in [-0.2, -0.15) is 0 Å². The molecule has 0 aliphatic heterocycles. The van der Waals surface area contributed by atoms with Crippen molar-refractivity contribution in [3.63, 3.8) is 0 Å². The molecule has 2 heteroatoms. The summed E-state index contributed by atoms with van der Waals surface area (Å²) < 4.78 is 1.22. The van der Waals surface area contributed by atoms with Crippen LogP contribution >= 0.6 is 0 Å². The van der Waals surface area contributed by atoms with Gasteiger partial charge in [-0.05, 0) is 43.9 Å². The first-order chi connectivity index (χ1) is 9.67. The Morgan fingerprint density at radius 3 is 1.10 bits per heavy atom. The van der Waals surface area contributed by atoms with Crippen LogP contribution in [-0.2, 0) is 0 Å². The SMILES string of the molecule is CC(C)CC[N+](CCC(C)C)(CCC(C)C)CCC(C)O. The predicted octanol–water partition coefficient (Wildman–Crippen LogP) is 4.71. The van der Waals surface area contributed by atoms with Gasteiger partial charge in [0.05, 0.1) is 32.3 Å². The molecular formula is C19H42NO+. The first-order valence-electron chi connectivity index (χ1n) is 9.20. The summed E-state index contributed by atoms with van der Waals surface area (Å²) >= 11 is 0. The van der Waals surface area contributed by atoms with Gasteiger partial charge in [0, 0.05) is 6.42 Å². The third-order valence-corrected chi connectivity index (χ3v) is 4.56. The van der Waals surface area contributed by atoms with Crippen LogP contribution in [0, 0.1) is 17.8 Å². The summed E-state index contributed by atoms with van der Waals surface area (Å²) in [6, 6.07) is 0. The molecule has 0 fully saturated rings. The van der Waals surface area contributed by atoms with E-state index in [0.29, 0.717) is 0 Å². The fourth-order valence-corrected chi connectivity index (χ4v) is 2.73. The van der Waals surface area contributed by atoms with E-state index in [2.05, 4.69) is 41.5 Å². The monoisotopic (exact) mass is 300 g/mol. The third kappa shape index (κ3) is 11.2. The zero-order valence-electron chi connectivity index (χ0n) is 15.9. The normalized spacial score (nSPS) is 14.4. The van der Waals surface area contributed by atoms with Crippen LogP contribution in [0.4, 0.5) is 0 Å². The maximum atomic E-state index is 9.74. The Morgan fingerprint density at radius 1 is 0.571 bits per heavy atom. The molecular weight excluding hydrogens is 258 g/mol. The zero-order chi connectivity index (χ0) is 16.5. The smallest absolute Gasteiger partial charge is 0.0811 e. The number of hydrogen-bond donors (Lipinski definition) is 1. The van der Waals surface area contributed by atoms with Crippen LogP contribution in [-0.4, -0.2) is 41.9 Å². The highest BCUT2D eigenvalue weighted by Gasteiger charge is 2.28. The lowest BCUT2D eigenvalue weighted by molar-refractivity contribution is -0.930. The summed E-state index contributed by atoms with van der Waals surface area (Å²) in [5.74, 6) is 2.31. The Balaban J connectivity index is 4.85. The van der Waals surface area contributed by atoms with Crippen molar-refractivity contribution < 1.29 is 9.59 Å². The Bertz CT molecular complexity index is 192. The first-order valence-corrected chi connectivity index (χ1v) is 9.20. The maximum absolute atomic E-state index is 9.74. The summed E-state index contributed by atoms with van der Waals surface area (Å²) in [6.45, 7) is 20.9. The lowest BCUT2D eigenvalue weighted by atomic mass is 10.0. The molecule has 1 N–H and O–H groups in total. The van der Waals surface area contributed by atoms with E-state index in [4.69, 9.17) is 0 Å². The lowest BCUT2D eigenvalue weighted by Crippen LogP contribution is -2.52. The van der Waals surface area contributed by atoms with Crippen LogP contribution in [0.25, 0.3) is 0 Å². The van der Waals surface area contributed by atoms with Crippen molar-refractivity contribution in [2.24, 2.45) is 17.8 Å². The van der Waals surface area contributed by atoms with Gasteiger partial charge in [0.2, 0.25) is 0 Å². The molecule has 128 valence electrons. The summed E-state index contributed by atoms with van der Waals surface area (Å²) in [7, 11) is 0. The van der Waals surface area contributed by atoms with Gasteiger partial charge in [-0.25, -0.2) is 0 Å². The summed E-state index contributed by atoms with van der Waals surface area (Å²) in [6.07, 6.45) is 4.68. The molecule has 0 aromatic heterocycles. The Morgan fingerprint density at radius 2 is 0.857 bits per heavy atom. The van der Waals surface area contributed by atoms with Gasteiger partial charge in [0.1, 0.15) is 0 Å². The Hall–Kier alpha value is -0.0800. The molecule has 0 amide bonds. The van der Waals surface area contributed by atoms with Crippen molar-refractivity contribution in [3.05, 3.63) is 0 Å². The van der Waals surface area contributed by atoms with Gasteiger partial charge in [-0.3, -0.25) is 0 Å². The molecule has 21 heavy (non-hydrogen) atoms. The second kappa shape index (κ2) is 10.6. The van der Waals surface area contributed by atoms with E-state index in [9.17, 15) is 5.11 Å². The molecule has 0 aliphatic rings.